The molecule has 11 heteroatoms. The Morgan fingerprint density at radius 2 is 1.82 bits per heavy atom. The number of halogens is 2. The third-order valence-corrected chi connectivity index (χ3v) is 5.75. The van der Waals surface area contributed by atoms with E-state index in [1.54, 1.807) is 36.6 Å². The molecule has 0 fully saturated rings. The highest BCUT2D eigenvalue weighted by molar-refractivity contribution is 6.18. The molecule has 4 heterocycles. The van der Waals surface area contributed by atoms with Crippen molar-refractivity contribution in [2.24, 2.45) is 0 Å². The summed E-state index contributed by atoms with van der Waals surface area (Å²) < 4.78 is 27.3. The molecule has 0 aliphatic carbocycles. The summed E-state index contributed by atoms with van der Waals surface area (Å²) in [5.74, 6) is -0.488. The van der Waals surface area contributed by atoms with Crippen LogP contribution in [0.2, 0.25) is 0 Å². The summed E-state index contributed by atoms with van der Waals surface area (Å²) in [7, 11) is 0. The van der Waals surface area contributed by atoms with Crippen LogP contribution >= 0.6 is 0 Å². The van der Waals surface area contributed by atoms with Gasteiger partial charge in [0.05, 0.1) is 28.0 Å². The summed E-state index contributed by atoms with van der Waals surface area (Å²) in [5.41, 5.74) is 10.2. The van der Waals surface area contributed by atoms with Crippen molar-refractivity contribution in [3.63, 3.8) is 0 Å². The first-order valence-corrected chi connectivity index (χ1v) is 10.3. The van der Waals surface area contributed by atoms with E-state index in [1.165, 1.54) is 12.4 Å². The van der Waals surface area contributed by atoms with E-state index in [-0.39, 0.29) is 22.8 Å². The van der Waals surface area contributed by atoms with E-state index >= 15 is 0 Å². The highest BCUT2D eigenvalue weighted by Gasteiger charge is 2.30. The maximum Gasteiger partial charge on any atom is 0.297 e. The van der Waals surface area contributed by atoms with Gasteiger partial charge >= 0.3 is 0 Å². The normalized spacial score (nSPS) is 13.2. The number of aromatic nitrogens is 5. The number of aryl methyl sites for hydroxylation is 2. The number of phenolic OH excluding ortho intramolecular Hbond substituents is 1. The van der Waals surface area contributed by atoms with Gasteiger partial charge < -0.3 is 16.2 Å². The highest BCUT2D eigenvalue weighted by atomic mass is 19.3. The lowest BCUT2D eigenvalue weighted by Crippen LogP contribution is -2.22. The lowest BCUT2D eigenvalue weighted by Gasteiger charge is -2.16. The average Bonchev–Trinajstić information content (AvgIpc) is 2.98. The minimum absolute atomic E-state index is 0.0837. The maximum atomic E-state index is 13.3. The lowest BCUT2D eigenvalue weighted by molar-refractivity contribution is 0.0976. The number of benzene rings is 1. The molecular formula is C23H19F2N7O2. The van der Waals surface area contributed by atoms with Gasteiger partial charge in [-0.25, -0.2) is 28.7 Å². The largest absolute Gasteiger partial charge is 0.508 e. The summed E-state index contributed by atoms with van der Waals surface area (Å²) in [4.78, 5) is 29.7. The van der Waals surface area contributed by atoms with Crippen molar-refractivity contribution in [3.8, 4) is 11.4 Å². The Bertz CT molecular complexity index is 1530. The van der Waals surface area contributed by atoms with E-state index in [0.717, 1.165) is 5.56 Å². The van der Waals surface area contributed by atoms with Gasteiger partial charge in [-0.2, -0.15) is 0 Å². The zero-order valence-corrected chi connectivity index (χ0v) is 18.4. The van der Waals surface area contributed by atoms with Crippen LogP contribution < -0.4 is 11.1 Å². The van der Waals surface area contributed by atoms with Crippen molar-refractivity contribution in [1.29, 1.82) is 0 Å². The minimum atomic E-state index is -2.80. The quantitative estimate of drug-likeness (QED) is 0.423. The number of aromatic hydroxyl groups is 1. The van der Waals surface area contributed by atoms with E-state index in [1.807, 2.05) is 6.92 Å². The van der Waals surface area contributed by atoms with Crippen LogP contribution in [0.4, 0.5) is 14.6 Å². The van der Waals surface area contributed by atoms with Gasteiger partial charge in [0.1, 0.15) is 17.4 Å². The predicted octanol–water partition coefficient (Wildman–Crippen LogP) is 3.60. The van der Waals surface area contributed by atoms with Crippen molar-refractivity contribution in [2.45, 2.75) is 27.2 Å². The summed E-state index contributed by atoms with van der Waals surface area (Å²) in [6.45, 7) is 5.33. The fraction of sp³-hybridized carbons (Fsp3) is 0.174. The van der Waals surface area contributed by atoms with Crippen LogP contribution in [0.1, 0.15) is 50.8 Å². The Hall–Kier alpha value is -4.41. The van der Waals surface area contributed by atoms with Gasteiger partial charge in [-0.05, 0) is 38.5 Å². The summed E-state index contributed by atoms with van der Waals surface area (Å²) in [6, 6.07) is 3.35. The number of nitrogens with two attached hydrogens (primary N) is 1. The molecule has 3 aromatic heterocycles. The number of phenols is 1. The molecule has 1 amide bonds. The fourth-order valence-corrected chi connectivity index (χ4v) is 4.17. The first-order chi connectivity index (χ1) is 16.2. The third-order valence-electron chi connectivity index (χ3n) is 5.75. The number of amides is 1. The first kappa shape index (κ1) is 21.4. The molecular weight excluding hydrogens is 444 g/mol. The van der Waals surface area contributed by atoms with Gasteiger partial charge in [0.15, 0.2) is 11.5 Å². The van der Waals surface area contributed by atoms with Crippen LogP contribution in [0, 0.1) is 20.8 Å². The molecule has 1 aliphatic rings. The molecule has 0 spiro atoms. The molecule has 1 aromatic carbocycles. The molecule has 9 nitrogen and oxygen atoms in total. The van der Waals surface area contributed by atoms with Gasteiger partial charge in [-0.1, -0.05) is 6.07 Å². The number of nitrogen functional groups attached to an aromatic ring is 1. The highest BCUT2D eigenvalue weighted by Crippen LogP contribution is 2.38. The maximum absolute atomic E-state index is 13.3. The molecule has 4 N–H and O–H groups in total. The summed E-state index contributed by atoms with van der Waals surface area (Å²) in [6.07, 6.45) is 1.23. The predicted molar refractivity (Wildman–Crippen MR) is 121 cm³/mol. The standard InChI is InChI=1S/C23H19F2N7O2/c1-9-4-5-15(33)10(2)18(9)32-20(26)17-16-14(29-11(3)30-22(16)32)6-13(31-23(17)34)12-7-27-21(19(24)25)28-8-12/h4-8,19,33H,26H2,1-3H3,(H,31,34). The first-order valence-electron chi connectivity index (χ1n) is 10.3. The van der Waals surface area contributed by atoms with Crippen LogP contribution in [0.5, 0.6) is 5.75 Å². The Balaban J connectivity index is 1.79. The minimum Gasteiger partial charge on any atom is -0.508 e. The van der Waals surface area contributed by atoms with Crippen LogP contribution in [-0.2, 0) is 0 Å². The van der Waals surface area contributed by atoms with E-state index in [2.05, 4.69) is 25.3 Å². The zero-order valence-electron chi connectivity index (χ0n) is 18.4. The van der Waals surface area contributed by atoms with Crippen molar-refractivity contribution < 1.29 is 18.7 Å². The number of alkyl halides is 2. The van der Waals surface area contributed by atoms with E-state index in [0.29, 0.717) is 39.4 Å². The molecule has 4 aromatic rings. The SMILES string of the molecule is Cc1nc2c3c(c(N)n(-c4c(C)ccc(O)c4C)c3n1)C(=O)NC(c1cnc(C(F)F)nc1)=C2. The topological polar surface area (TPSA) is 132 Å². The Labute approximate surface area is 192 Å². The Kier molecular flexibility index (Phi) is 4.78. The number of rotatable bonds is 3. The number of nitrogens with zero attached hydrogens (tertiary/aromatic N) is 5. The number of carbonyl (C=O) groups is 1. The third kappa shape index (κ3) is 3.16. The molecule has 0 unspecified atom stereocenters. The van der Waals surface area contributed by atoms with E-state index in [4.69, 9.17) is 5.73 Å². The van der Waals surface area contributed by atoms with Gasteiger partial charge in [0.25, 0.3) is 12.3 Å². The van der Waals surface area contributed by atoms with Crippen LogP contribution in [-0.4, -0.2) is 35.5 Å². The number of nitrogens with one attached hydrogen (secondary N) is 1. The second kappa shape index (κ2) is 7.58. The summed E-state index contributed by atoms with van der Waals surface area (Å²) >= 11 is 0. The number of hydrogen-bond acceptors (Lipinski definition) is 7. The molecule has 0 bridgehead atoms. The van der Waals surface area contributed by atoms with Crippen LogP contribution in [0.3, 0.4) is 0 Å². The van der Waals surface area contributed by atoms with E-state index < -0.39 is 18.2 Å². The number of carbonyl (C=O) groups excluding carboxylic acids is 1. The molecule has 1 aliphatic heterocycles. The molecule has 5 rings (SSSR count). The van der Waals surface area contributed by atoms with Gasteiger partial charge in [0, 0.05) is 23.5 Å². The monoisotopic (exact) mass is 463 g/mol. The average molecular weight is 463 g/mol. The Morgan fingerprint density at radius 3 is 2.50 bits per heavy atom. The molecule has 0 radical (unpaired) electrons. The van der Waals surface area contributed by atoms with Gasteiger partial charge in [-0.3, -0.25) is 9.36 Å². The number of anilines is 1. The van der Waals surface area contributed by atoms with Crippen molar-refractivity contribution >= 4 is 34.5 Å². The van der Waals surface area contributed by atoms with Crippen LogP contribution in [0.25, 0.3) is 28.5 Å². The zero-order chi connectivity index (χ0) is 24.3. The molecule has 34 heavy (non-hydrogen) atoms. The Morgan fingerprint density at radius 1 is 1.12 bits per heavy atom. The molecule has 172 valence electrons. The molecule has 0 saturated carbocycles. The van der Waals surface area contributed by atoms with Crippen molar-refractivity contribution in [2.75, 3.05) is 5.73 Å². The van der Waals surface area contributed by atoms with Crippen LogP contribution in [0.15, 0.2) is 24.5 Å². The van der Waals surface area contributed by atoms with Crippen molar-refractivity contribution in [3.05, 3.63) is 64.1 Å². The molecule has 0 atom stereocenters. The lowest BCUT2D eigenvalue weighted by atomic mass is 10.1. The fourth-order valence-electron chi connectivity index (χ4n) is 4.17. The molecule has 0 saturated heterocycles. The van der Waals surface area contributed by atoms with E-state index in [9.17, 15) is 18.7 Å². The number of hydrogen-bond donors (Lipinski definition) is 3. The van der Waals surface area contributed by atoms with Gasteiger partial charge in [-0.15, -0.1) is 0 Å². The summed E-state index contributed by atoms with van der Waals surface area (Å²) in [5, 5.41) is 13.5. The second-order valence-corrected chi connectivity index (χ2v) is 7.97. The smallest absolute Gasteiger partial charge is 0.297 e. The van der Waals surface area contributed by atoms with Crippen molar-refractivity contribution in [1.82, 2.24) is 29.8 Å². The van der Waals surface area contributed by atoms with Gasteiger partial charge in [0.2, 0.25) is 0 Å². The second-order valence-electron chi connectivity index (χ2n) is 7.97.